The number of aromatic nitrogens is 1. The van der Waals surface area contributed by atoms with Crippen molar-refractivity contribution >= 4 is 0 Å². The molecular formula is C16H21N3. The van der Waals surface area contributed by atoms with Gasteiger partial charge in [0.25, 0.3) is 0 Å². The van der Waals surface area contributed by atoms with Crippen LogP contribution in [0.25, 0.3) is 0 Å². The summed E-state index contributed by atoms with van der Waals surface area (Å²) in [6.45, 7) is 2.31. The van der Waals surface area contributed by atoms with Crippen LogP contribution in [-0.4, -0.2) is 29.0 Å². The Hall–Kier alpha value is -1.40. The van der Waals surface area contributed by atoms with Crippen molar-refractivity contribution in [2.24, 2.45) is 5.92 Å². The van der Waals surface area contributed by atoms with E-state index in [1.54, 1.807) is 6.20 Å². The molecule has 100 valence electrons. The maximum Gasteiger partial charge on any atom is 0.0896 e. The Labute approximate surface area is 115 Å². The molecule has 3 heterocycles. The lowest BCUT2D eigenvalue weighted by atomic mass is 9.80. The third-order valence-electron chi connectivity index (χ3n) is 4.73. The molecule has 0 amide bonds. The summed E-state index contributed by atoms with van der Waals surface area (Å²) in [5.41, 5.74) is 0.923. The van der Waals surface area contributed by atoms with E-state index in [-0.39, 0.29) is 5.92 Å². The predicted octanol–water partition coefficient (Wildman–Crippen LogP) is 2.95. The van der Waals surface area contributed by atoms with E-state index < -0.39 is 0 Å². The predicted molar refractivity (Wildman–Crippen MR) is 74.5 cm³/mol. The SMILES string of the molecule is N#CC(CCN1CC2CCC1CC2)c1ccccn1. The summed E-state index contributed by atoms with van der Waals surface area (Å²) in [7, 11) is 0. The van der Waals surface area contributed by atoms with E-state index in [2.05, 4.69) is 16.0 Å². The molecule has 19 heavy (non-hydrogen) atoms. The number of hydrogen-bond donors (Lipinski definition) is 0. The van der Waals surface area contributed by atoms with Gasteiger partial charge in [0.2, 0.25) is 0 Å². The molecule has 2 saturated heterocycles. The highest BCUT2D eigenvalue weighted by Gasteiger charge is 2.33. The van der Waals surface area contributed by atoms with E-state index >= 15 is 0 Å². The van der Waals surface area contributed by atoms with Crippen molar-refractivity contribution in [3.8, 4) is 6.07 Å². The van der Waals surface area contributed by atoms with Crippen LogP contribution in [0.5, 0.6) is 0 Å². The fraction of sp³-hybridized carbons (Fsp3) is 0.625. The summed E-state index contributed by atoms with van der Waals surface area (Å²) < 4.78 is 0. The number of fused-ring (bicyclic) bond motifs is 3. The standard InChI is InChI=1S/C16H21N3/c17-11-14(16-3-1-2-9-18-16)8-10-19-12-13-4-6-15(19)7-5-13/h1-3,9,13-15H,4-8,10,12H2. The van der Waals surface area contributed by atoms with Crippen LogP contribution >= 0.6 is 0 Å². The first-order valence-electron chi connectivity index (χ1n) is 7.41. The van der Waals surface area contributed by atoms with Crippen LogP contribution in [0.2, 0.25) is 0 Å². The Morgan fingerprint density at radius 3 is 2.74 bits per heavy atom. The number of pyridine rings is 1. The highest BCUT2D eigenvalue weighted by Crippen LogP contribution is 2.35. The largest absolute Gasteiger partial charge is 0.300 e. The van der Waals surface area contributed by atoms with E-state index in [0.717, 1.165) is 30.6 Å². The lowest BCUT2D eigenvalue weighted by Gasteiger charge is -2.45. The van der Waals surface area contributed by atoms with Gasteiger partial charge in [0.1, 0.15) is 0 Å². The Morgan fingerprint density at radius 2 is 2.16 bits per heavy atom. The lowest BCUT2D eigenvalue weighted by molar-refractivity contribution is 0.0476. The van der Waals surface area contributed by atoms with E-state index in [0.29, 0.717) is 0 Å². The number of nitrogens with zero attached hydrogens (tertiary/aromatic N) is 3. The van der Waals surface area contributed by atoms with Gasteiger partial charge in [-0.15, -0.1) is 0 Å². The van der Waals surface area contributed by atoms with E-state index in [1.165, 1.54) is 32.2 Å². The molecule has 2 bridgehead atoms. The minimum absolute atomic E-state index is 0.0540. The normalized spacial score (nSPS) is 27.9. The van der Waals surface area contributed by atoms with Crippen molar-refractivity contribution in [1.82, 2.24) is 9.88 Å². The first-order chi connectivity index (χ1) is 9.36. The van der Waals surface area contributed by atoms with Gasteiger partial charge in [0.15, 0.2) is 0 Å². The van der Waals surface area contributed by atoms with Crippen LogP contribution in [0, 0.1) is 17.2 Å². The van der Waals surface area contributed by atoms with Crippen LogP contribution in [0.1, 0.15) is 43.7 Å². The molecule has 3 aliphatic rings. The molecule has 4 rings (SSSR count). The summed E-state index contributed by atoms with van der Waals surface area (Å²) in [6.07, 6.45) is 8.27. The Bertz CT molecular complexity index is 443. The summed E-state index contributed by atoms with van der Waals surface area (Å²) in [5, 5.41) is 9.33. The van der Waals surface area contributed by atoms with Gasteiger partial charge in [0.05, 0.1) is 17.7 Å². The van der Waals surface area contributed by atoms with E-state index in [9.17, 15) is 5.26 Å². The molecule has 3 heteroatoms. The van der Waals surface area contributed by atoms with Gasteiger partial charge in [-0.2, -0.15) is 5.26 Å². The molecule has 3 nitrogen and oxygen atoms in total. The topological polar surface area (TPSA) is 39.9 Å². The van der Waals surface area contributed by atoms with Crippen LogP contribution in [0.3, 0.4) is 0 Å². The van der Waals surface area contributed by atoms with Crippen molar-refractivity contribution in [3.05, 3.63) is 30.1 Å². The van der Waals surface area contributed by atoms with Gasteiger partial charge < -0.3 is 4.90 Å². The van der Waals surface area contributed by atoms with Crippen molar-refractivity contribution in [2.75, 3.05) is 13.1 Å². The molecule has 1 unspecified atom stereocenters. The number of nitriles is 1. The summed E-state index contributed by atoms with van der Waals surface area (Å²) in [6, 6.07) is 9.04. The molecule has 0 N–H and O–H groups in total. The molecular weight excluding hydrogens is 234 g/mol. The summed E-state index contributed by atoms with van der Waals surface area (Å²) in [4.78, 5) is 6.94. The monoisotopic (exact) mass is 255 g/mol. The second kappa shape index (κ2) is 5.71. The first-order valence-corrected chi connectivity index (χ1v) is 7.41. The van der Waals surface area contributed by atoms with E-state index in [4.69, 9.17) is 0 Å². The zero-order valence-electron chi connectivity index (χ0n) is 11.3. The van der Waals surface area contributed by atoms with Gasteiger partial charge in [-0.1, -0.05) is 6.07 Å². The van der Waals surface area contributed by atoms with Gasteiger partial charge in [-0.25, -0.2) is 0 Å². The fourth-order valence-electron chi connectivity index (χ4n) is 3.60. The van der Waals surface area contributed by atoms with Crippen molar-refractivity contribution < 1.29 is 0 Å². The average molecular weight is 255 g/mol. The minimum Gasteiger partial charge on any atom is -0.300 e. The second-order valence-electron chi connectivity index (χ2n) is 5.89. The molecule has 1 saturated carbocycles. The molecule has 1 aliphatic carbocycles. The van der Waals surface area contributed by atoms with Gasteiger partial charge >= 0.3 is 0 Å². The van der Waals surface area contributed by atoms with Crippen LogP contribution in [0.15, 0.2) is 24.4 Å². The Kier molecular flexibility index (Phi) is 3.79. The second-order valence-corrected chi connectivity index (χ2v) is 5.89. The van der Waals surface area contributed by atoms with Crippen LogP contribution < -0.4 is 0 Å². The maximum absolute atomic E-state index is 9.33. The smallest absolute Gasteiger partial charge is 0.0896 e. The van der Waals surface area contributed by atoms with Gasteiger partial charge in [-0.05, 0) is 50.2 Å². The molecule has 3 fully saturated rings. The Morgan fingerprint density at radius 1 is 1.32 bits per heavy atom. The minimum atomic E-state index is -0.0540. The average Bonchev–Trinajstić information content (AvgIpc) is 2.50. The zero-order chi connectivity index (χ0) is 13.1. The van der Waals surface area contributed by atoms with E-state index in [1.807, 2.05) is 18.2 Å². The molecule has 0 radical (unpaired) electrons. The molecule has 0 aromatic carbocycles. The summed E-state index contributed by atoms with van der Waals surface area (Å²) in [5.74, 6) is 0.863. The lowest BCUT2D eigenvalue weighted by Crippen LogP contribution is -2.48. The molecule has 1 atom stereocenters. The number of piperidine rings is 2. The van der Waals surface area contributed by atoms with Crippen LogP contribution in [-0.2, 0) is 0 Å². The Balaban J connectivity index is 1.58. The fourth-order valence-corrected chi connectivity index (χ4v) is 3.60. The zero-order valence-corrected chi connectivity index (χ0v) is 11.3. The highest BCUT2D eigenvalue weighted by molar-refractivity contribution is 5.16. The van der Waals surface area contributed by atoms with Crippen molar-refractivity contribution in [3.63, 3.8) is 0 Å². The molecule has 1 aromatic rings. The molecule has 2 aliphatic heterocycles. The molecule has 0 spiro atoms. The number of rotatable bonds is 4. The van der Waals surface area contributed by atoms with Crippen LogP contribution in [0.4, 0.5) is 0 Å². The first kappa shape index (κ1) is 12.6. The third kappa shape index (κ3) is 2.79. The third-order valence-corrected chi connectivity index (χ3v) is 4.73. The number of hydrogen-bond acceptors (Lipinski definition) is 3. The summed E-state index contributed by atoms with van der Waals surface area (Å²) >= 11 is 0. The van der Waals surface area contributed by atoms with Gasteiger partial charge in [0, 0.05) is 25.3 Å². The highest BCUT2D eigenvalue weighted by atomic mass is 15.2. The van der Waals surface area contributed by atoms with Crippen molar-refractivity contribution in [1.29, 1.82) is 5.26 Å². The van der Waals surface area contributed by atoms with Crippen molar-refractivity contribution in [2.45, 2.75) is 44.1 Å². The quantitative estimate of drug-likeness (QED) is 0.830. The maximum atomic E-state index is 9.33. The van der Waals surface area contributed by atoms with Gasteiger partial charge in [-0.3, -0.25) is 4.98 Å². The molecule has 1 aromatic heterocycles.